The Labute approximate surface area is 182 Å². The molecule has 1 N–H and O–H groups in total. The fourth-order valence-corrected chi connectivity index (χ4v) is 5.22. The van der Waals surface area contributed by atoms with Gasteiger partial charge >= 0.3 is 0 Å². The molecule has 1 aliphatic heterocycles. The summed E-state index contributed by atoms with van der Waals surface area (Å²) in [5, 5.41) is 2.90. The summed E-state index contributed by atoms with van der Waals surface area (Å²) in [4.78, 5) is 36.9. The maximum Gasteiger partial charge on any atom is 0.223 e. The summed E-state index contributed by atoms with van der Waals surface area (Å²) in [6.45, 7) is 3.43. The number of carbonyl (C=O) groups excluding carboxylic acids is 3. The molecule has 0 spiro atoms. The highest BCUT2D eigenvalue weighted by Crippen LogP contribution is 2.24. The molecule has 1 aliphatic rings. The summed E-state index contributed by atoms with van der Waals surface area (Å²) >= 11 is 0. The van der Waals surface area contributed by atoms with Gasteiger partial charge in [-0.3, -0.25) is 9.59 Å². The van der Waals surface area contributed by atoms with Crippen LogP contribution >= 0.6 is 21.6 Å². The largest absolute Gasteiger partial charge is 0.383 e. The van der Waals surface area contributed by atoms with Gasteiger partial charge in [0.1, 0.15) is 5.78 Å². The highest BCUT2D eigenvalue weighted by Gasteiger charge is 2.34. The third-order valence-corrected chi connectivity index (χ3v) is 7.27. The molecule has 29 heavy (non-hydrogen) atoms. The number of unbranched alkanes of at least 4 members (excludes halogenated alkanes) is 1. The van der Waals surface area contributed by atoms with Crippen molar-refractivity contribution in [2.75, 3.05) is 45.4 Å². The van der Waals surface area contributed by atoms with Gasteiger partial charge in [0.25, 0.3) is 0 Å². The average Bonchev–Trinajstić information content (AvgIpc) is 3.10. The molecule has 2 amide bonds. The lowest BCUT2D eigenvalue weighted by Crippen LogP contribution is -2.38. The first-order valence-corrected chi connectivity index (χ1v) is 12.8. The van der Waals surface area contributed by atoms with Gasteiger partial charge in [0.05, 0.1) is 18.8 Å². The molecule has 0 radical (unpaired) electrons. The number of Topliss-reactive ketones (excluding diaryl/α,β-unsaturated/α-hetero) is 1. The van der Waals surface area contributed by atoms with Gasteiger partial charge in [-0.05, 0) is 32.6 Å². The molecule has 0 unspecified atom stereocenters. The van der Waals surface area contributed by atoms with Crippen LogP contribution in [0.5, 0.6) is 0 Å². The Morgan fingerprint density at radius 2 is 1.76 bits per heavy atom. The summed E-state index contributed by atoms with van der Waals surface area (Å²) in [5.74, 6) is 2.15. The lowest BCUT2D eigenvalue weighted by atomic mass is 10.1. The SMILES string of the molecule is COC[C@@H]1C[C@@H](OC)CN1C(=O)CCCSSCCNC(=O)CCCCC(C)=O. The van der Waals surface area contributed by atoms with E-state index in [-0.39, 0.29) is 29.7 Å². The second-order valence-corrected chi connectivity index (χ2v) is 9.96. The topological polar surface area (TPSA) is 84.9 Å². The quantitative estimate of drug-likeness (QED) is 0.287. The van der Waals surface area contributed by atoms with Gasteiger partial charge in [-0.15, -0.1) is 0 Å². The number of ketones is 1. The lowest BCUT2D eigenvalue weighted by Gasteiger charge is -2.23. The zero-order chi connectivity index (χ0) is 21.5. The predicted molar refractivity (Wildman–Crippen MR) is 119 cm³/mol. The highest BCUT2D eigenvalue weighted by atomic mass is 33.1. The van der Waals surface area contributed by atoms with Crippen molar-refractivity contribution in [3.05, 3.63) is 0 Å². The van der Waals surface area contributed by atoms with Crippen LogP contribution in [0.25, 0.3) is 0 Å². The molecule has 7 nitrogen and oxygen atoms in total. The summed E-state index contributed by atoms with van der Waals surface area (Å²) in [6.07, 6.45) is 4.90. The average molecular weight is 449 g/mol. The Morgan fingerprint density at radius 3 is 2.45 bits per heavy atom. The molecule has 0 aliphatic carbocycles. The Balaban J connectivity index is 2.01. The molecule has 0 saturated carbocycles. The summed E-state index contributed by atoms with van der Waals surface area (Å²) in [7, 11) is 6.80. The molecule has 1 heterocycles. The molecule has 0 bridgehead atoms. The number of nitrogens with one attached hydrogen (secondary N) is 1. The van der Waals surface area contributed by atoms with Crippen LogP contribution in [0, 0.1) is 0 Å². The number of nitrogens with zero attached hydrogens (tertiary/aromatic N) is 1. The van der Waals surface area contributed by atoms with E-state index in [1.54, 1.807) is 42.7 Å². The van der Waals surface area contributed by atoms with Crippen LogP contribution in [0.15, 0.2) is 0 Å². The van der Waals surface area contributed by atoms with Gasteiger partial charge in [-0.1, -0.05) is 21.6 Å². The monoisotopic (exact) mass is 448 g/mol. The zero-order valence-electron chi connectivity index (χ0n) is 17.9. The van der Waals surface area contributed by atoms with E-state index in [1.165, 1.54) is 0 Å². The second kappa shape index (κ2) is 16.0. The third kappa shape index (κ3) is 11.9. The van der Waals surface area contributed by atoms with E-state index >= 15 is 0 Å². The van der Waals surface area contributed by atoms with Crippen molar-refractivity contribution in [3.63, 3.8) is 0 Å². The molecular formula is C20H36N2O5S2. The van der Waals surface area contributed by atoms with E-state index in [2.05, 4.69) is 5.32 Å². The maximum absolute atomic E-state index is 12.5. The molecule has 0 aromatic carbocycles. The minimum Gasteiger partial charge on any atom is -0.383 e. The van der Waals surface area contributed by atoms with E-state index in [4.69, 9.17) is 9.47 Å². The van der Waals surface area contributed by atoms with Gasteiger partial charge in [-0.2, -0.15) is 0 Å². The van der Waals surface area contributed by atoms with Crippen LogP contribution in [-0.2, 0) is 23.9 Å². The number of amides is 2. The van der Waals surface area contributed by atoms with Crippen molar-refractivity contribution in [3.8, 4) is 0 Å². The van der Waals surface area contributed by atoms with E-state index in [1.807, 2.05) is 4.90 Å². The predicted octanol–water partition coefficient (Wildman–Crippen LogP) is 2.68. The van der Waals surface area contributed by atoms with Gasteiger partial charge in [-0.25, -0.2) is 0 Å². The van der Waals surface area contributed by atoms with Crippen LogP contribution in [0.1, 0.15) is 51.9 Å². The van der Waals surface area contributed by atoms with Gasteiger partial charge < -0.3 is 24.5 Å². The van der Waals surface area contributed by atoms with Gasteiger partial charge in [0, 0.05) is 58.1 Å². The van der Waals surface area contributed by atoms with E-state index in [0.717, 1.165) is 37.2 Å². The molecule has 1 fully saturated rings. The third-order valence-electron chi connectivity index (χ3n) is 4.78. The molecular weight excluding hydrogens is 412 g/mol. The molecule has 0 aromatic heterocycles. The van der Waals surface area contributed by atoms with Crippen LogP contribution in [0.3, 0.4) is 0 Å². The van der Waals surface area contributed by atoms with E-state index in [0.29, 0.717) is 39.0 Å². The van der Waals surface area contributed by atoms with Gasteiger partial charge in [0.2, 0.25) is 11.8 Å². The lowest BCUT2D eigenvalue weighted by molar-refractivity contribution is -0.133. The Hall–Kier alpha value is -0.770. The zero-order valence-corrected chi connectivity index (χ0v) is 19.6. The highest BCUT2D eigenvalue weighted by molar-refractivity contribution is 8.76. The molecule has 1 saturated heterocycles. The number of hydrogen-bond donors (Lipinski definition) is 1. The Kier molecular flexibility index (Phi) is 14.5. The first-order chi connectivity index (χ1) is 14.0. The van der Waals surface area contributed by atoms with Crippen LogP contribution in [0.4, 0.5) is 0 Å². The molecule has 9 heteroatoms. The Bertz CT molecular complexity index is 507. The molecule has 1 rings (SSSR count). The Morgan fingerprint density at radius 1 is 1.03 bits per heavy atom. The number of ether oxygens (including phenoxy) is 2. The number of likely N-dealkylation sites (tertiary alicyclic amines) is 1. The van der Waals surface area contributed by atoms with E-state index < -0.39 is 0 Å². The molecule has 0 aromatic rings. The second-order valence-electron chi connectivity index (χ2n) is 7.26. The number of methoxy groups -OCH3 is 2. The van der Waals surface area contributed by atoms with Crippen LogP contribution in [0.2, 0.25) is 0 Å². The minimum absolute atomic E-state index is 0.0512. The van der Waals surface area contributed by atoms with Crippen molar-refractivity contribution in [2.45, 2.75) is 64.0 Å². The van der Waals surface area contributed by atoms with Crippen molar-refractivity contribution < 1.29 is 23.9 Å². The number of hydrogen-bond acceptors (Lipinski definition) is 7. The first-order valence-electron chi connectivity index (χ1n) is 10.3. The number of rotatable bonds is 16. The van der Waals surface area contributed by atoms with Gasteiger partial charge in [0.15, 0.2) is 0 Å². The van der Waals surface area contributed by atoms with Crippen molar-refractivity contribution >= 4 is 39.2 Å². The maximum atomic E-state index is 12.5. The van der Waals surface area contributed by atoms with Crippen molar-refractivity contribution in [1.29, 1.82) is 0 Å². The number of carbonyl (C=O) groups is 3. The minimum atomic E-state index is 0.0512. The van der Waals surface area contributed by atoms with Crippen molar-refractivity contribution in [1.82, 2.24) is 10.2 Å². The fourth-order valence-electron chi connectivity index (χ4n) is 3.22. The standard InChI is InChI=1S/C20H36N2O5S2/c1-16(23)7-4-5-8-19(24)21-10-12-29-28-11-6-9-20(25)22-14-18(27-3)13-17(22)15-26-2/h17-18H,4-15H2,1-3H3,(H,21,24)/t17-,18+/m0/s1. The molecule has 2 atom stereocenters. The summed E-state index contributed by atoms with van der Waals surface area (Å²) in [6, 6.07) is 0.116. The normalized spacial score (nSPS) is 18.8. The summed E-state index contributed by atoms with van der Waals surface area (Å²) in [5.41, 5.74) is 0. The van der Waals surface area contributed by atoms with E-state index in [9.17, 15) is 14.4 Å². The van der Waals surface area contributed by atoms with Crippen molar-refractivity contribution in [2.24, 2.45) is 0 Å². The smallest absolute Gasteiger partial charge is 0.223 e. The molecule has 168 valence electrons. The fraction of sp³-hybridized carbons (Fsp3) is 0.850. The summed E-state index contributed by atoms with van der Waals surface area (Å²) < 4.78 is 10.6. The first kappa shape index (κ1) is 26.3. The van der Waals surface area contributed by atoms with Crippen LogP contribution < -0.4 is 5.32 Å². The van der Waals surface area contributed by atoms with Crippen LogP contribution in [-0.4, -0.2) is 80.1 Å².